The Bertz CT molecular complexity index is 449. The molecule has 0 spiro atoms. The molecule has 0 amide bonds. The van der Waals surface area contributed by atoms with Gasteiger partial charge in [0, 0.05) is 12.7 Å². The van der Waals surface area contributed by atoms with Crippen LogP contribution in [-0.2, 0) is 6.54 Å². The van der Waals surface area contributed by atoms with E-state index in [-0.39, 0.29) is 5.56 Å². The number of hydrogen-bond acceptors (Lipinski definition) is 4. The molecule has 0 radical (unpaired) electrons. The van der Waals surface area contributed by atoms with Gasteiger partial charge < -0.3 is 15.0 Å². The fraction of sp³-hybridized carbons (Fsp3) is 0.500. The van der Waals surface area contributed by atoms with Crippen LogP contribution >= 0.6 is 0 Å². The van der Waals surface area contributed by atoms with E-state index in [0.717, 1.165) is 19.5 Å². The van der Waals surface area contributed by atoms with Gasteiger partial charge in [-0.15, -0.1) is 0 Å². The molecular weight excluding hydrogens is 210 g/mol. The van der Waals surface area contributed by atoms with Crippen LogP contribution < -0.4 is 10.9 Å². The van der Waals surface area contributed by atoms with Crippen LogP contribution in [0.3, 0.4) is 0 Å². The molecule has 1 aliphatic heterocycles. The number of carboxylic acids is 1. The molecule has 1 aliphatic rings. The second-order valence-corrected chi connectivity index (χ2v) is 3.95. The van der Waals surface area contributed by atoms with Crippen molar-refractivity contribution in [2.24, 2.45) is 5.92 Å². The number of nitrogens with zero attached hydrogens (tertiary/aromatic N) is 2. The van der Waals surface area contributed by atoms with Crippen molar-refractivity contribution in [3.05, 3.63) is 28.4 Å². The molecule has 1 aromatic rings. The minimum absolute atomic E-state index is 0.270. The molecule has 16 heavy (non-hydrogen) atoms. The molecule has 1 atom stereocenters. The van der Waals surface area contributed by atoms with Crippen LogP contribution in [0.2, 0.25) is 0 Å². The fourth-order valence-electron chi connectivity index (χ4n) is 1.87. The summed E-state index contributed by atoms with van der Waals surface area (Å²) in [6.07, 6.45) is 3.82. The molecule has 2 N–H and O–H groups in total. The van der Waals surface area contributed by atoms with E-state index in [9.17, 15) is 9.59 Å². The van der Waals surface area contributed by atoms with Crippen molar-refractivity contribution in [3.63, 3.8) is 0 Å². The molecule has 2 heterocycles. The predicted molar refractivity (Wildman–Crippen MR) is 56.4 cm³/mol. The molecule has 0 aliphatic carbocycles. The van der Waals surface area contributed by atoms with E-state index in [1.807, 2.05) is 0 Å². The average Bonchev–Trinajstić information content (AvgIpc) is 2.73. The maximum atomic E-state index is 11.1. The van der Waals surface area contributed by atoms with E-state index in [4.69, 9.17) is 5.11 Å². The predicted octanol–water partition coefficient (Wildman–Crippen LogP) is -0.449. The molecule has 2 rings (SSSR count). The third-order valence-electron chi connectivity index (χ3n) is 2.71. The largest absolute Gasteiger partial charge is 0.477 e. The van der Waals surface area contributed by atoms with Crippen molar-refractivity contribution in [2.45, 2.75) is 13.0 Å². The minimum Gasteiger partial charge on any atom is -0.477 e. The Kier molecular flexibility index (Phi) is 3.00. The van der Waals surface area contributed by atoms with Crippen LogP contribution in [0.1, 0.15) is 16.8 Å². The summed E-state index contributed by atoms with van der Waals surface area (Å²) in [6, 6.07) is 0. The van der Waals surface area contributed by atoms with Gasteiger partial charge in [0.2, 0.25) is 0 Å². The van der Waals surface area contributed by atoms with Crippen LogP contribution in [0.5, 0.6) is 0 Å². The zero-order valence-corrected chi connectivity index (χ0v) is 8.72. The number of aromatic carboxylic acids is 1. The first-order valence-corrected chi connectivity index (χ1v) is 5.17. The lowest BCUT2D eigenvalue weighted by Crippen LogP contribution is -2.22. The third-order valence-corrected chi connectivity index (χ3v) is 2.71. The van der Waals surface area contributed by atoms with Crippen molar-refractivity contribution in [2.75, 3.05) is 13.1 Å². The smallest absolute Gasteiger partial charge is 0.342 e. The maximum absolute atomic E-state index is 11.1. The Morgan fingerprint density at radius 2 is 2.50 bits per heavy atom. The van der Waals surface area contributed by atoms with Crippen molar-refractivity contribution < 1.29 is 9.90 Å². The van der Waals surface area contributed by atoms with Gasteiger partial charge in [-0.25, -0.2) is 4.79 Å². The second kappa shape index (κ2) is 4.44. The van der Waals surface area contributed by atoms with E-state index in [1.54, 1.807) is 4.57 Å². The van der Waals surface area contributed by atoms with Gasteiger partial charge in [-0.3, -0.25) is 4.79 Å². The van der Waals surface area contributed by atoms with E-state index < -0.39 is 11.5 Å². The van der Waals surface area contributed by atoms with Gasteiger partial charge in [-0.2, -0.15) is 4.98 Å². The lowest BCUT2D eigenvalue weighted by Gasteiger charge is -2.11. The highest BCUT2D eigenvalue weighted by Gasteiger charge is 2.16. The molecule has 1 unspecified atom stereocenters. The number of nitrogens with one attached hydrogen (secondary N) is 1. The van der Waals surface area contributed by atoms with Gasteiger partial charge in [-0.05, 0) is 25.4 Å². The van der Waals surface area contributed by atoms with Gasteiger partial charge in [0.05, 0.1) is 6.33 Å². The van der Waals surface area contributed by atoms with E-state index in [0.29, 0.717) is 12.5 Å². The molecule has 1 saturated heterocycles. The second-order valence-electron chi connectivity index (χ2n) is 3.95. The topological polar surface area (TPSA) is 84.2 Å². The molecule has 6 heteroatoms. The number of carboxylic acid groups (broad SMARTS) is 1. The Labute approximate surface area is 91.9 Å². The zero-order valence-electron chi connectivity index (χ0n) is 8.72. The standard InChI is InChI=1S/C10H13N3O3/c14-9-8(10(15)16)5-13(6-12-9)4-7-1-2-11-3-7/h5-7,11H,1-4H2,(H,15,16). The quantitative estimate of drug-likeness (QED) is 0.725. The van der Waals surface area contributed by atoms with Crippen molar-refractivity contribution in [1.82, 2.24) is 14.9 Å². The summed E-state index contributed by atoms with van der Waals surface area (Å²) < 4.78 is 1.67. The molecule has 1 aromatic heterocycles. The minimum atomic E-state index is -1.23. The number of aromatic nitrogens is 2. The SMILES string of the molecule is O=C(O)c1cn(CC2CCNC2)cnc1=O. The van der Waals surface area contributed by atoms with Crippen LogP contribution in [0, 0.1) is 5.92 Å². The monoisotopic (exact) mass is 223 g/mol. The van der Waals surface area contributed by atoms with Gasteiger partial charge >= 0.3 is 5.97 Å². The van der Waals surface area contributed by atoms with Crippen molar-refractivity contribution in [1.29, 1.82) is 0 Å². The van der Waals surface area contributed by atoms with E-state index in [2.05, 4.69) is 10.3 Å². The first kappa shape index (κ1) is 10.8. The highest BCUT2D eigenvalue weighted by molar-refractivity contribution is 5.86. The highest BCUT2D eigenvalue weighted by Crippen LogP contribution is 2.09. The van der Waals surface area contributed by atoms with Crippen LogP contribution in [0.15, 0.2) is 17.3 Å². The van der Waals surface area contributed by atoms with Gasteiger partial charge in [-0.1, -0.05) is 0 Å². The lowest BCUT2D eigenvalue weighted by atomic mass is 10.1. The Morgan fingerprint density at radius 1 is 1.69 bits per heavy atom. The molecule has 0 saturated carbocycles. The maximum Gasteiger partial charge on any atom is 0.342 e. The first-order valence-electron chi connectivity index (χ1n) is 5.17. The molecule has 86 valence electrons. The van der Waals surface area contributed by atoms with Crippen LogP contribution in [-0.4, -0.2) is 33.7 Å². The summed E-state index contributed by atoms with van der Waals surface area (Å²) in [4.78, 5) is 25.4. The summed E-state index contributed by atoms with van der Waals surface area (Å²) in [7, 11) is 0. The normalized spacial score (nSPS) is 19.9. The summed E-state index contributed by atoms with van der Waals surface area (Å²) in [5, 5.41) is 12.0. The number of carbonyl (C=O) groups is 1. The molecule has 0 bridgehead atoms. The van der Waals surface area contributed by atoms with E-state index >= 15 is 0 Å². The van der Waals surface area contributed by atoms with Crippen LogP contribution in [0.4, 0.5) is 0 Å². The van der Waals surface area contributed by atoms with E-state index in [1.165, 1.54) is 12.5 Å². The summed E-state index contributed by atoms with van der Waals surface area (Å²) in [5.41, 5.74) is -0.957. The lowest BCUT2D eigenvalue weighted by molar-refractivity contribution is 0.0693. The van der Waals surface area contributed by atoms with Gasteiger partial charge in [0.25, 0.3) is 5.56 Å². The summed E-state index contributed by atoms with van der Waals surface area (Å²) in [6.45, 7) is 2.61. The third kappa shape index (κ3) is 2.27. The number of hydrogen-bond donors (Lipinski definition) is 2. The van der Waals surface area contributed by atoms with Gasteiger partial charge in [0.15, 0.2) is 0 Å². The molecule has 0 aromatic carbocycles. The highest BCUT2D eigenvalue weighted by atomic mass is 16.4. The van der Waals surface area contributed by atoms with Crippen molar-refractivity contribution >= 4 is 5.97 Å². The Hall–Kier alpha value is -1.69. The first-order chi connectivity index (χ1) is 7.66. The van der Waals surface area contributed by atoms with Gasteiger partial charge in [0.1, 0.15) is 5.56 Å². The Morgan fingerprint density at radius 3 is 3.12 bits per heavy atom. The van der Waals surface area contributed by atoms with Crippen LogP contribution in [0.25, 0.3) is 0 Å². The molecule has 1 fully saturated rings. The number of rotatable bonds is 3. The Balaban J connectivity index is 2.18. The molecular formula is C10H13N3O3. The fourth-order valence-corrected chi connectivity index (χ4v) is 1.87. The zero-order chi connectivity index (χ0) is 11.5. The average molecular weight is 223 g/mol. The summed E-state index contributed by atoms with van der Waals surface area (Å²) in [5.74, 6) is -0.748. The van der Waals surface area contributed by atoms with Crippen molar-refractivity contribution in [3.8, 4) is 0 Å². The summed E-state index contributed by atoms with van der Waals surface area (Å²) >= 11 is 0. The molecule has 6 nitrogen and oxygen atoms in total.